The van der Waals surface area contributed by atoms with Crippen LogP contribution in [0.25, 0.3) is 0 Å². The number of benzene rings is 2. The maximum Gasteiger partial charge on any atom is 0.253 e. The molecule has 0 radical (unpaired) electrons. The van der Waals surface area contributed by atoms with Crippen LogP contribution in [0.1, 0.15) is 10.4 Å². The minimum absolute atomic E-state index is 0.100. The van der Waals surface area contributed by atoms with Gasteiger partial charge in [-0.25, -0.2) is 0 Å². The van der Waals surface area contributed by atoms with E-state index in [9.17, 15) is 4.79 Å². The first-order valence-electron chi connectivity index (χ1n) is 9.37. The van der Waals surface area contributed by atoms with E-state index in [1.807, 2.05) is 6.07 Å². The fourth-order valence-electron chi connectivity index (χ4n) is 3.35. The average molecular weight is 368 g/mol. The van der Waals surface area contributed by atoms with E-state index in [1.165, 1.54) is 5.69 Å². The van der Waals surface area contributed by atoms with E-state index in [2.05, 4.69) is 50.8 Å². The number of nitrogens with one attached hydrogen (secondary N) is 2. The molecule has 144 valence electrons. The van der Waals surface area contributed by atoms with Crippen molar-refractivity contribution in [2.24, 2.45) is 0 Å². The lowest BCUT2D eigenvalue weighted by molar-refractivity contribution is 0.0964. The predicted octanol–water partition coefficient (Wildman–Crippen LogP) is 2.29. The van der Waals surface area contributed by atoms with Crippen molar-refractivity contribution in [3.05, 3.63) is 54.1 Å². The first-order chi connectivity index (χ1) is 13.2. The van der Waals surface area contributed by atoms with E-state index >= 15 is 0 Å². The largest absolute Gasteiger partial charge is 0.497 e. The highest BCUT2D eigenvalue weighted by Gasteiger charge is 2.17. The van der Waals surface area contributed by atoms with Gasteiger partial charge in [0.15, 0.2) is 0 Å². The van der Waals surface area contributed by atoms with E-state index < -0.39 is 0 Å². The number of nitrogens with zero attached hydrogens (tertiary/aromatic N) is 2. The number of carbonyl (C=O) groups is 1. The highest BCUT2D eigenvalue weighted by Crippen LogP contribution is 2.22. The van der Waals surface area contributed by atoms with E-state index in [0.717, 1.165) is 50.7 Å². The lowest BCUT2D eigenvalue weighted by Crippen LogP contribution is -2.47. The normalized spacial score (nSPS) is 14.7. The van der Waals surface area contributed by atoms with Crippen LogP contribution in [0, 0.1) is 0 Å². The Morgan fingerprint density at radius 2 is 1.81 bits per heavy atom. The minimum Gasteiger partial charge on any atom is -0.497 e. The number of carbonyl (C=O) groups excluding carboxylic acids is 1. The van der Waals surface area contributed by atoms with Gasteiger partial charge in [0, 0.05) is 58.1 Å². The Labute approximate surface area is 161 Å². The van der Waals surface area contributed by atoms with Gasteiger partial charge in [0.25, 0.3) is 5.91 Å². The molecule has 1 saturated heterocycles. The molecule has 1 aliphatic rings. The van der Waals surface area contributed by atoms with Crippen LogP contribution in [0.2, 0.25) is 0 Å². The van der Waals surface area contributed by atoms with Crippen LogP contribution in [0.15, 0.2) is 48.5 Å². The SMILES string of the molecule is CNC(=O)c1ccc(OC)cc1NCCN1CCN(c2ccccc2)CC1. The van der Waals surface area contributed by atoms with Gasteiger partial charge in [-0.15, -0.1) is 0 Å². The van der Waals surface area contributed by atoms with Crippen molar-refractivity contribution in [1.29, 1.82) is 0 Å². The van der Waals surface area contributed by atoms with Gasteiger partial charge in [-0.1, -0.05) is 18.2 Å². The number of rotatable bonds is 7. The van der Waals surface area contributed by atoms with Gasteiger partial charge in [-0.3, -0.25) is 9.69 Å². The predicted molar refractivity (Wildman–Crippen MR) is 110 cm³/mol. The number of methoxy groups -OCH3 is 1. The molecule has 0 spiro atoms. The Kier molecular flexibility index (Phi) is 6.54. The second kappa shape index (κ2) is 9.28. The maximum atomic E-state index is 12.1. The Hall–Kier alpha value is -2.73. The van der Waals surface area contributed by atoms with Crippen LogP contribution < -0.4 is 20.3 Å². The first kappa shape index (κ1) is 19.0. The summed E-state index contributed by atoms with van der Waals surface area (Å²) < 4.78 is 5.29. The van der Waals surface area contributed by atoms with Gasteiger partial charge in [-0.2, -0.15) is 0 Å². The van der Waals surface area contributed by atoms with Crippen LogP contribution in [-0.2, 0) is 0 Å². The summed E-state index contributed by atoms with van der Waals surface area (Å²) in [6, 6.07) is 16.0. The summed E-state index contributed by atoms with van der Waals surface area (Å²) >= 11 is 0. The second-order valence-electron chi connectivity index (χ2n) is 6.58. The smallest absolute Gasteiger partial charge is 0.253 e. The van der Waals surface area contributed by atoms with Crippen LogP contribution in [0.5, 0.6) is 5.75 Å². The minimum atomic E-state index is -0.100. The molecule has 2 aromatic carbocycles. The summed E-state index contributed by atoms with van der Waals surface area (Å²) in [7, 11) is 3.27. The number of piperazine rings is 1. The molecule has 0 aromatic heterocycles. The molecule has 2 N–H and O–H groups in total. The fourth-order valence-corrected chi connectivity index (χ4v) is 3.35. The van der Waals surface area contributed by atoms with Crippen molar-refractivity contribution in [3.63, 3.8) is 0 Å². The topological polar surface area (TPSA) is 56.8 Å². The molecule has 1 heterocycles. The summed E-state index contributed by atoms with van der Waals surface area (Å²) in [5.74, 6) is 0.637. The number of amides is 1. The third kappa shape index (κ3) is 4.92. The van der Waals surface area contributed by atoms with Crippen molar-refractivity contribution in [1.82, 2.24) is 10.2 Å². The fraction of sp³-hybridized carbons (Fsp3) is 0.381. The Morgan fingerprint density at radius 1 is 1.07 bits per heavy atom. The number of hydrogen-bond acceptors (Lipinski definition) is 5. The van der Waals surface area contributed by atoms with Crippen LogP contribution >= 0.6 is 0 Å². The zero-order valence-corrected chi connectivity index (χ0v) is 16.1. The van der Waals surface area contributed by atoms with Crippen molar-refractivity contribution < 1.29 is 9.53 Å². The maximum absolute atomic E-state index is 12.1. The lowest BCUT2D eigenvalue weighted by atomic mass is 10.1. The number of hydrogen-bond donors (Lipinski definition) is 2. The number of anilines is 2. The van der Waals surface area contributed by atoms with E-state index in [1.54, 1.807) is 26.3 Å². The van der Waals surface area contributed by atoms with E-state index in [4.69, 9.17) is 4.74 Å². The first-order valence-corrected chi connectivity index (χ1v) is 9.37. The van der Waals surface area contributed by atoms with Crippen molar-refractivity contribution in [3.8, 4) is 5.75 Å². The quantitative estimate of drug-likeness (QED) is 0.785. The van der Waals surface area contributed by atoms with Gasteiger partial charge in [-0.05, 0) is 24.3 Å². The standard InChI is InChI=1S/C21H28N4O2/c1-22-21(26)19-9-8-18(27-2)16-20(19)23-10-11-24-12-14-25(15-13-24)17-6-4-3-5-7-17/h3-9,16,23H,10-15H2,1-2H3,(H,22,26). The highest BCUT2D eigenvalue weighted by atomic mass is 16.5. The summed E-state index contributed by atoms with van der Waals surface area (Å²) in [6.45, 7) is 5.86. The molecule has 1 amide bonds. The molecule has 27 heavy (non-hydrogen) atoms. The number of para-hydroxylation sites is 1. The third-order valence-corrected chi connectivity index (χ3v) is 4.94. The summed E-state index contributed by atoms with van der Waals surface area (Å²) in [5.41, 5.74) is 2.73. The lowest BCUT2D eigenvalue weighted by Gasteiger charge is -2.36. The van der Waals surface area contributed by atoms with Crippen molar-refractivity contribution >= 4 is 17.3 Å². The molecular weight excluding hydrogens is 340 g/mol. The van der Waals surface area contributed by atoms with Gasteiger partial charge in [0.05, 0.1) is 18.4 Å². The molecule has 0 unspecified atom stereocenters. The van der Waals surface area contributed by atoms with Crippen LogP contribution in [0.3, 0.4) is 0 Å². The summed E-state index contributed by atoms with van der Waals surface area (Å²) in [5, 5.41) is 6.08. The van der Waals surface area contributed by atoms with Crippen molar-refractivity contribution in [2.45, 2.75) is 0 Å². The summed E-state index contributed by atoms with van der Waals surface area (Å²) in [6.07, 6.45) is 0. The van der Waals surface area contributed by atoms with Gasteiger partial charge >= 0.3 is 0 Å². The molecule has 1 fully saturated rings. The van der Waals surface area contributed by atoms with Gasteiger partial charge in [0.2, 0.25) is 0 Å². The molecular formula is C21H28N4O2. The molecule has 2 aromatic rings. The monoisotopic (exact) mass is 368 g/mol. The van der Waals surface area contributed by atoms with Crippen LogP contribution in [-0.4, -0.2) is 64.2 Å². The van der Waals surface area contributed by atoms with Gasteiger partial charge < -0.3 is 20.3 Å². The molecule has 1 aliphatic heterocycles. The highest BCUT2D eigenvalue weighted by molar-refractivity contribution is 5.99. The average Bonchev–Trinajstić information content (AvgIpc) is 2.74. The molecule has 6 nitrogen and oxygen atoms in total. The Balaban J connectivity index is 1.51. The Morgan fingerprint density at radius 3 is 2.48 bits per heavy atom. The summed E-state index contributed by atoms with van der Waals surface area (Å²) in [4.78, 5) is 16.9. The van der Waals surface area contributed by atoms with E-state index in [-0.39, 0.29) is 5.91 Å². The molecule has 0 saturated carbocycles. The molecule has 3 rings (SSSR count). The van der Waals surface area contributed by atoms with Crippen LogP contribution in [0.4, 0.5) is 11.4 Å². The Bertz CT molecular complexity index is 743. The molecule has 6 heteroatoms. The van der Waals surface area contributed by atoms with Crippen molar-refractivity contribution in [2.75, 3.05) is 63.6 Å². The third-order valence-electron chi connectivity index (χ3n) is 4.94. The molecule has 0 bridgehead atoms. The van der Waals surface area contributed by atoms with Gasteiger partial charge in [0.1, 0.15) is 5.75 Å². The molecule has 0 atom stereocenters. The second-order valence-corrected chi connectivity index (χ2v) is 6.58. The zero-order valence-electron chi connectivity index (χ0n) is 16.1. The van der Waals surface area contributed by atoms with E-state index in [0.29, 0.717) is 5.56 Å². The zero-order chi connectivity index (χ0) is 19.1. The number of ether oxygens (including phenoxy) is 1. The molecule has 0 aliphatic carbocycles.